The van der Waals surface area contributed by atoms with Crippen LogP contribution in [0.4, 0.5) is 0 Å². The molecule has 68 valence electrons. The maximum atomic E-state index is 10.4. The average Bonchev–Trinajstić information content (AvgIpc) is 2.53. The second-order valence-corrected chi connectivity index (χ2v) is 2.64. The molecular weight excluding hydrogens is 166 g/mol. The molecule has 0 atom stereocenters. The second-order valence-electron chi connectivity index (χ2n) is 2.64. The van der Waals surface area contributed by atoms with Crippen molar-refractivity contribution in [2.45, 2.75) is 6.92 Å². The van der Waals surface area contributed by atoms with Crippen LogP contribution >= 0.6 is 0 Å². The highest BCUT2D eigenvalue weighted by Gasteiger charge is 1.90. The highest BCUT2D eigenvalue weighted by atomic mass is 16.3. The van der Waals surface area contributed by atoms with E-state index in [0.717, 1.165) is 11.3 Å². The highest BCUT2D eigenvalue weighted by Crippen LogP contribution is 2.07. The molecule has 0 saturated heterocycles. The Kier molecular flexibility index (Phi) is 3.09. The molecule has 0 aliphatic carbocycles. The average molecular weight is 177 g/mol. The van der Waals surface area contributed by atoms with Crippen molar-refractivity contribution in [1.29, 1.82) is 0 Å². The summed E-state index contributed by atoms with van der Waals surface area (Å²) in [5, 5.41) is 0. The molecule has 2 N–H and O–H groups in total. The molecule has 1 heterocycles. The van der Waals surface area contributed by atoms with Crippen molar-refractivity contribution in [1.82, 2.24) is 0 Å². The second kappa shape index (κ2) is 4.30. The van der Waals surface area contributed by atoms with Crippen LogP contribution in [0.25, 0.3) is 6.08 Å². The predicted molar refractivity (Wildman–Crippen MR) is 50.7 cm³/mol. The molecule has 0 aliphatic rings. The first-order chi connectivity index (χ1) is 6.18. The van der Waals surface area contributed by atoms with Gasteiger partial charge in [0.15, 0.2) is 0 Å². The van der Waals surface area contributed by atoms with Gasteiger partial charge in [-0.2, -0.15) is 0 Å². The van der Waals surface area contributed by atoms with Gasteiger partial charge in [-0.3, -0.25) is 4.79 Å². The molecule has 0 unspecified atom stereocenters. The number of rotatable bonds is 3. The first-order valence-corrected chi connectivity index (χ1v) is 3.88. The van der Waals surface area contributed by atoms with Crippen LogP contribution in [0, 0.1) is 0 Å². The Bertz CT molecular complexity index is 334. The molecule has 0 saturated carbocycles. The summed E-state index contributed by atoms with van der Waals surface area (Å²) in [6.07, 6.45) is 6.37. The van der Waals surface area contributed by atoms with Crippen LogP contribution in [0.5, 0.6) is 0 Å². The largest absolute Gasteiger partial charge is 0.465 e. The fourth-order valence-electron chi connectivity index (χ4n) is 0.859. The Balaban J connectivity index is 2.67. The Labute approximate surface area is 76.5 Å². The van der Waals surface area contributed by atoms with Crippen LogP contribution in [-0.2, 0) is 4.79 Å². The first-order valence-electron chi connectivity index (χ1n) is 3.88. The van der Waals surface area contributed by atoms with E-state index in [0.29, 0.717) is 0 Å². The Morgan fingerprint density at radius 2 is 2.31 bits per heavy atom. The van der Waals surface area contributed by atoms with Crippen LogP contribution in [0.15, 0.2) is 40.5 Å². The zero-order chi connectivity index (χ0) is 9.68. The molecule has 0 bridgehead atoms. The monoisotopic (exact) mass is 177 g/mol. The van der Waals surface area contributed by atoms with E-state index in [1.165, 1.54) is 6.08 Å². The molecule has 3 nitrogen and oxygen atoms in total. The maximum Gasteiger partial charge on any atom is 0.241 e. The van der Waals surface area contributed by atoms with Crippen molar-refractivity contribution in [3.05, 3.63) is 41.9 Å². The quantitative estimate of drug-likeness (QED) is 0.564. The van der Waals surface area contributed by atoms with E-state index in [1.807, 2.05) is 19.1 Å². The van der Waals surface area contributed by atoms with E-state index in [2.05, 4.69) is 0 Å². The van der Waals surface area contributed by atoms with Crippen LogP contribution in [0.3, 0.4) is 0 Å². The third-order valence-electron chi connectivity index (χ3n) is 1.42. The smallest absolute Gasteiger partial charge is 0.241 e. The van der Waals surface area contributed by atoms with Gasteiger partial charge in [-0.25, -0.2) is 0 Å². The van der Waals surface area contributed by atoms with Crippen LogP contribution in [-0.4, -0.2) is 5.91 Å². The van der Waals surface area contributed by atoms with Crippen molar-refractivity contribution >= 4 is 12.0 Å². The summed E-state index contributed by atoms with van der Waals surface area (Å²) in [7, 11) is 0. The number of carbonyl (C=O) groups is 1. The van der Waals surface area contributed by atoms with Gasteiger partial charge in [0.05, 0.1) is 6.26 Å². The molecule has 0 spiro atoms. The Morgan fingerprint density at radius 3 is 2.85 bits per heavy atom. The van der Waals surface area contributed by atoms with Gasteiger partial charge in [0, 0.05) is 6.08 Å². The summed E-state index contributed by atoms with van der Waals surface area (Å²) in [4.78, 5) is 10.4. The number of nitrogens with two attached hydrogens (primary N) is 1. The molecular formula is C10H11NO2. The molecule has 1 rings (SSSR count). The summed E-state index contributed by atoms with van der Waals surface area (Å²) in [5.41, 5.74) is 5.85. The van der Waals surface area contributed by atoms with Crippen LogP contribution in [0.1, 0.15) is 12.7 Å². The maximum absolute atomic E-state index is 10.4. The Morgan fingerprint density at radius 1 is 1.54 bits per heavy atom. The molecule has 1 aromatic heterocycles. The van der Waals surface area contributed by atoms with E-state index in [-0.39, 0.29) is 0 Å². The van der Waals surface area contributed by atoms with Gasteiger partial charge in [-0.05, 0) is 30.7 Å². The van der Waals surface area contributed by atoms with Crippen molar-refractivity contribution in [3.63, 3.8) is 0 Å². The van der Waals surface area contributed by atoms with Gasteiger partial charge in [-0.15, -0.1) is 0 Å². The molecule has 0 aromatic carbocycles. The van der Waals surface area contributed by atoms with Crippen molar-refractivity contribution in [2.24, 2.45) is 5.73 Å². The fraction of sp³-hybridized carbons (Fsp3) is 0.100. The molecule has 3 heteroatoms. The Hall–Kier alpha value is -1.77. The summed E-state index contributed by atoms with van der Waals surface area (Å²) < 4.78 is 5.08. The van der Waals surface area contributed by atoms with Crippen LogP contribution in [0.2, 0.25) is 0 Å². The number of furan rings is 1. The molecule has 0 fully saturated rings. The fourth-order valence-corrected chi connectivity index (χ4v) is 0.859. The number of hydrogen-bond donors (Lipinski definition) is 1. The lowest BCUT2D eigenvalue weighted by molar-refractivity contribution is -0.113. The van der Waals surface area contributed by atoms with Crippen LogP contribution < -0.4 is 5.73 Å². The molecule has 0 radical (unpaired) electrons. The van der Waals surface area contributed by atoms with Gasteiger partial charge in [0.1, 0.15) is 5.76 Å². The number of hydrogen-bond acceptors (Lipinski definition) is 2. The molecule has 1 aromatic rings. The standard InChI is InChI=1S/C10H11NO2/c1-8(4-5-10(11)12)7-9-3-2-6-13-9/h2-7H,1H3,(H2,11,12)/b5-4+,8-7+. The lowest BCUT2D eigenvalue weighted by atomic mass is 10.2. The zero-order valence-corrected chi connectivity index (χ0v) is 7.36. The lowest BCUT2D eigenvalue weighted by Gasteiger charge is -1.89. The molecule has 0 aliphatic heterocycles. The number of allylic oxidation sites excluding steroid dienone is 2. The highest BCUT2D eigenvalue weighted by molar-refractivity contribution is 5.86. The van der Waals surface area contributed by atoms with Gasteiger partial charge < -0.3 is 10.2 Å². The summed E-state index contributed by atoms with van der Waals surface area (Å²) in [5.74, 6) is 0.304. The number of primary amides is 1. The number of amides is 1. The number of carbonyl (C=O) groups excluding carboxylic acids is 1. The summed E-state index contributed by atoms with van der Waals surface area (Å²) in [6.45, 7) is 1.86. The predicted octanol–water partition coefficient (Wildman–Crippen LogP) is 1.72. The van der Waals surface area contributed by atoms with E-state index < -0.39 is 5.91 Å². The SMILES string of the molecule is CC(/C=C/C(N)=O)=C\c1ccco1. The first kappa shape index (κ1) is 9.32. The van der Waals surface area contributed by atoms with Crippen molar-refractivity contribution in [3.8, 4) is 0 Å². The third-order valence-corrected chi connectivity index (χ3v) is 1.42. The third kappa shape index (κ3) is 3.42. The van der Waals surface area contributed by atoms with Crippen molar-refractivity contribution < 1.29 is 9.21 Å². The van der Waals surface area contributed by atoms with Crippen molar-refractivity contribution in [2.75, 3.05) is 0 Å². The zero-order valence-electron chi connectivity index (χ0n) is 7.36. The summed E-state index contributed by atoms with van der Waals surface area (Å²) >= 11 is 0. The topological polar surface area (TPSA) is 56.2 Å². The minimum atomic E-state index is -0.452. The summed E-state index contributed by atoms with van der Waals surface area (Å²) in [6, 6.07) is 3.64. The van der Waals surface area contributed by atoms with E-state index in [1.54, 1.807) is 18.4 Å². The van der Waals surface area contributed by atoms with Gasteiger partial charge >= 0.3 is 0 Å². The lowest BCUT2D eigenvalue weighted by Crippen LogP contribution is -2.05. The van der Waals surface area contributed by atoms with E-state index >= 15 is 0 Å². The van der Waals surface area contributed by atoms with Gasteiger partial charge in [0.2, 0.25) is 5.91 Å². The van der Waals surface area contributed by atoms with E-state index in [4.69, 9.17) is 10.2 Å². The molecule has 13 heavy (non-hydrogen) atoms. The van der Waals surface area contributed by atoms with Gasteiger partial charge in [-0.1, -0.05) is 6.08 Å². The normalized spacial score (nSPS) is 12.2. The minimum Gasteiger partial charge on any atom is -0.465 e. The van der Waals surface area contributed by atoms with E-state index in [9.17, 15) is 4.79 Å². The molecule has 1 amide bonds. The minimum absolute atomic E-state index is 0.452. The van der Waals surface area contributed by atoms with Gasteiger partial charge in [0.25, 0.3) is 0 Å².